The molecule has 206 valence electrons. The first-order chi connectivity index (χ1) is 19.2. The highest BCUT2D eigenvalue weighted by atomic mass is 19.4. The first kappa shape index (κ1) is 25.9. The molecule has 1 aliphatic rings. The van der Waals surface area contributed by atoms with Crippen LogP contribution in [0.4, 0.5) is 13.2 Å². The number of carbonyl (C=O) groups is 1. The van der Waals surface area contributed by atoms with Crippen LogP contribution in [0.25, 0.3) is 16.7 Å². The number of nitrogens with zero attached hydrogens (tertiary/aromatic N) is 4. The van der Waals surface area contributed by atoms with Gasteiger partial charge in [-0.3, -0.25) is 9.36 Å². The molecule has 5 aromatic rings. The summed E-state index contributed by atoms with van der Waals surface area (Å²) in [6, 6.07) is 16.5. The molecule has 0 saturated carbocycles. The van der Waals surface area contributed by atoms with E-state index in [-0.39, 0.29) is 24.1 Å². The maximum absolute atomic E-state index is 13.6. The highest BCUT2D eigenvalue weighted by molar-refractivity contribution is 5.78. The molecule has 1 N–H and O–H groups in total. The number of hydrogen-bond donors (Lipinski definition) is 1. The number of pyridine rings is 1. The molecule has 6 rings (SSSR count). The second kappa shape index (κ2) is 10.0. The van der Waals surface area contributed by atoms with E-state index in [4.69, 9.17) is 0 Å². The summed E-state index contributed by atoms with van der Waals surface area (Å²) < 4.78 is 44.4. The van der Waals surface area contributed by atoms with Crippen molar-refractivity contribution in [3.63, 3.8) is 0 Å². The number of para-hydroxylation sites is 2. The number of aryl methyl sites for hydroxylation is 1. The number of amides is 1. The molecule has 0 bridgehead atoms. The van der Waals surface area contributed by atoms with Gasteiger partial charge in [0.1, 0.15) is 5.65 Å². The van der Waals surface area contributed by atoms with Gasteiger partial charge in [-0.1, -0.05) is 30.3 Å². The molecule has 4 heterocycles. The van der Waals surface area contributed by atoms with Gasteiger partial charge in [-0.15, -0.1) is 0 Å². The lowest BCUT2D eigenvalue weighted by Gasteiger charge is -2.33. The normalized spacial score (nSPS) is 15.7. The quantitative estimate of drug-likeness (QED) is 0.307. The van der Waals surface area contributed by atoms with E-state index in [1.54, 1.807) is 21.7 Å². The van der Waals surface area contributed by atoms with Crippen LogP contribution in [0.15, 0.2) is 77.9 Å². The van der Waals surface area contributed by atoms with Crippen LogP contribution in [-0.4, -0.2) is 42.8 Å². The van der Waals surface area contributed by atoms with Crippen LogP contribution in [0.5, 0.6) is 0 Å². The van der Waals surface area contributed by atoms with Crippen LogP contribution in [0, 0.1) is 6.92 Å². The maximum Gasteiger partial charge on any atom is 0.416 e. The second-order valence-electron chi connectivity index (χ2n) is 10.4. The van der Waals surface area contributed by atoms with Gasteiger partial charge in [0.15, 0.2) is 0 Å². The summed E-state index contributed by atoms with van der Waals surface area (Å²) in [6.07, 6.45) is 0.197. The van der Waals surface area contributed by atoms with Gasteiger partial charge in [0.05, 0.1) is 22.3 Å². The third-order valence-electron chi connectivity index (χ3n) is 7.86. The van der Waals surface area contributed by atoms with E-state index in [1.165, 1.54) is 6.07 Å². The Bertz CT molecular complexity index is 1760. The number of fused-ring (bicyclic) bond motifs is 2. The van der Waals surface area contributed by atoms with Crippen LogP contribution >= 0.6 is 0 Å². The van der Waals surface area contributed by atoms with E-state index in [1.807, 2.05) is 53.9 Å². The van der Waals surface area contributed by atoms with Crippen molar-refractivity contribution in [2.45, 2.75) is 44.3 Å². The fourth-order valence-electron chi connectivity index (χ4n) is 5.80. The Labute approximate surface area is 227 Å². The van der Waals surface area contributed by atoms with Gasteiger partial charge in [0, 0.05) is 43.9 Å². The molecule has 40 heavy (non-hydrogen) atoms. The molecule has 1 amide bonds. The third kappa shape index (κ3) is 4.78. The molecule has 2 aromatic carbocycles. The fraction of sp³-hybridized carbons (Fsp3) is 0.300. The molecule has 0 radical (unpaired) electrons. The number of alkyl halides is 3. The molecule has 7 nitrogen and oxygen atoms in total. The summed E-state index contributed by atoms with van der Waals surface area (Å²) in [6.45, 7) is 2.85. The van der Waals surface area contributed by atoms with E-state index in [9.17, 15) is 22.8 Å². The number of aromatic amines is 1. The van der Waals surface area contributed by atoms with Crippen molar-refractivity contribution < 1.29 is 18.0 Å². The van der Waals surface area contributed by atoms with Gasteiger partial charge >= 0.3 is 11.9 Å². The molecule has 1 fully saturated rings. The zero-order chi connectivity index (χ0) is 28.0. The van der Waals surface area contributed by atoms with Gasteiger partial charge in [-0.05, 0) is 61.2 Å². The first-order valence-corrected chi connectivity index (χ1v) is 13.3. The minimum Gasteiger partial charge on any atom is -0.343 e. The number of nitrogens with one attached hydrogen (secondary N) is 1. The number of carbonyl (C=O) groups excluding carboxylic acids is 1. The largest absolute Gasteiger partial charge is 0.416 e. The van der Waals surface area contributed by atoms with Crippen molar-refractivity contribution in [2.24, 2.45) is 0 Å². The zero-order valence-corrected chi connectivity index (χ0v) is 21.9. The Morgan fingerprint density at radius 1 is 1.07 bits per heavy atom. The van der Waals surface area contributed by atoms with Crippen molar-refractivity contribution in [2.75, 3.05) is 13.1 Å². The predicted molar refractivity (Wildman–Crippen MR) is 145 cm³/mol. The van der Waals surface area contributed by atoms with Crippen LogP contribution in [0.1, 0.15) is 53.6 Å². The van der Waals surface area contributed by atoms with E-state index in [0.29, 0.717) is 42.8 Å². The van der Waals surface area contributed by atoms with E-state index in [2.05, 4.69) is 9.97 Å². The topological polar surface area (TPSA) is 75.4 Å². The molecular weight excluding hydrogens is 519 g/mol. The van der Waals surface area contributed by atoms with Crippen LogP contribution < -0.4 is 5.69 Å². The van der Waals surface area contributed by atoms with Crippen molar-refractivity contribution in [3.05, 3.63) is 106 Å². The van der Waals surface area contributed by atoms with Gasteiger partial charge in [-0.25, -0.2) is 9.78 Å². The third-order valence-corrected chi connectivity index (χ3v) is 7.86. The lowest BCUT2D eigenvalue weighted by molar-refractivity contribution is -0.137. The Morgan fingerprint density at radius 2 is 1.85 bits per heavy atom. The van der Waals surface area contributed by atoms with Crippen LogP contribution in [0.3, 0.4) is 0 Å². The van der Waals surface area contributed by atoms with Crippen molar-refractivity contribution >= 4 is 22.6 Å². The molecule has 1 saturated heterocycles. The smallest absolute Gasteiger partial charge is 0.343 e. The highest BCUT2D eigenvalue weighted by Crippen LogP contribution is 2.35. The molecule has 1 atom stereocenters. The first-order valence-electron chi connectivity index (χ1n) is 13.3. The van der Waals surface area contributed by atoms with Crippen LogP contribution in [0.2, 0.25) is 0 Å². The summed E-state index contributed by atoms with van der Waals surface area (Å²) in [4.78, 5) is 35.4. The van der Waals surface area contributed by atoms with Gasteiger partial charge < -0.3 is 14.3 Å². The number of piperidine rings is 1. The molecule has 1 aliphatic heterocycles. The average molecular weight is 548 g/mol. The summed E-state index contributed by atoms with van der Waals surface area (Å²) in [5, 5.41) is 0. The number of halogens is 3. The Morgan fingerprint density at radius 3 is 2.62 bits per heavy atom. The van der Waals surface area contributed by atoms with Crippen molar-refractivity contribution in [1.82, 2.24) is 23.8 Å². The maximum atomic E-state index is 13.6. The van der Waals surface area contributed by atoms with Gasteiger partial charge in [0.25, 0.3) is 0 Å². The lowest BCUT2D eigenvalue weighted by atomic mass is 9.90. The number of benzene rings is 2. The fourth-order valence-corrected chi connectivity index (χ4v) is 5.80. The second-order valence-corrected chi connectivity index (χ2v) is 10.4. The van der Waals surface area contributed by atoms with Gasteiger partial charge in [0.2, 0.25) is 5.91 Å². The lowest BCUT2D eigenvalue weighted by Crippen LogP contribution is -2.41. The Hall–Kier alpha value is -4.34. The van der Waals surface area contributed by atoms with Crippen molar-refractivity contribution in [1.29, 1.82) is 0 Å². The summed E-state index contributed by atoms with van der Waals surface area (Å²) in [7, 11) is 0. The van der Waals surface area contributed by atoms with Gasteiger partial charge in [-0.2, -0.15) is 13.2 Å². The number of aromatic nitrogens is 4. The monoisotopic (exact) mass is 547 g/mol. The number of rotatable bonds is 5. The average Bonchev–Trinajstić information content (AvgIpc) is 3.50. The molecule has 3 aromatic heterocycles. The van der Waals surface area contributed by atoms with Crippen LogP contribution in [-0.2, 0) is 11.0 Å². The minimum atomic E-state index is -4.50. The summed E-state index contributed by atoms with van der Waals surface area (Å²) in [5.41, 5.74) is 3.44. The number of likely N-dealkylation sites (tertiary alicyclic amines) is 1. The van der Waals surface area contributed by atoms with Crippen molar-refractivity contribution in [3.8, 4) is 0 Å². The Kier molecular flexibility index (Phi) is 6.48. The Balaban J connectivity index is 1.27. The standard InChI is InChI=1S/C30H28F3N5O2/c1-19-9-14-37-26(18-34-27(37)15-19)23(20-5-4-6-21(16-20)30(31,32)33)17-28(39)36-12-10-22(11-13-36)38-25-8-3-2-7-24(25)35-29(38)40/h2-9,14-16,18,22-23H,10-13,17H2,1H3,(H,35,40). The number of H-pyrrole nitrogens is 1. The zero-order valence-electron chi connectivity index (χ0n) is 21.9. The molecular formula is C30H28F3N5O2. The molecule has 0 aliphatic carbocycles. The summed E-state index contributed by atoms with van der Waals surface area (Å²) >= 11 is 0. The van der Waals surface area contributed by atoms with E-state index < -0.39 is 17.7 Å². The highest BCUT2D eigenvalue weighted by Gasteiger charge is 2.33. The van der Waals surface area contributed by atoms with E-state index in [0.717, 1.165) is 28.7 Å². The summed E-state index contributed by atoms with van der Waals surface area (Å²) in [5.74, 6) is -0.768. The molecule has 1 unspecified atom stereocenters. The SMILES string of the molecule is Cc1ccn2c(C(CC(=O)N3CCC(n4c(=O)[nH]c5ccccc54)CC3)c3cccc(C(F)(F)F)c3)cnc2c1. The number of imidazole rings is 2. The number of hydrogen-bond acceptors (Lipinski definition) is 3. The molecule has 0 spiro atoms. The molecule has 10 heteroatoms. The van der Waals surface area contributed by atoms with E-state index >= 15 is 0 Å². The minimum absolute atomic E-state index is 0.000675. The predicted octanol–water partition coefficient (Wildman–Crippen LogP) is 5.69.